The van der Waals surface area contributed by atoms with Gasteiger partial charge >= 0.3 is 0 Å². The van der Waals surface area contributed by atoms with Crippen molar-refractivity contribution in [2.45, 2.75) is 58.9 Å². The first-order valence-corrected chi connectivity index (χ1v) is 9.44. The highest BCUT2D eigenvalue weighted by atomic mass is 15.2. The number of likely N-dealkylation sites (N-methyl/N-ethyl adjacent to an activating group) is 1. The standard InChI is InChI=1S/C18H39N5/c1-16(2)8-5-9-17(3)21-18(19)20-10-6-12-23-13-7-11-22(4)14-15-23/h16-17H,5-15H2,1-4H3,(H3,19,20,21). The van der Waals surface area contributed by atoms with Crippen LogP contribution in [0.1, 0.15) is 52.9 Å². The molecule has 1 heterocycles. The predicted octanol–water partition coefficient (Wildman–Crippen LogP) is 2.13. The fraction of sp³-hybridized carbons (Fsp3) is 0.944. The van der Waals surface area contributed by atoms with E-state index in [0.29, 0.717) is 12.0 Å². The summed E-state index contributed by atoms with van der Waals surface area (Å²) in [5.41, 5.74) is 5.99. The van der Waals surface area contributed by atoms with E-state index in [1.54, 1.807) is 0 Å². The molecule has 0 bridgehead atoms. The maximum atomic E-state index is 5.99. The fourth-order valence-corrected chi connectivity index (χ4v) is 3.02. The molecule has 1 atom stereocenters. The molecule has 0 radical (unpaired) electrons. The SMILES string of the molecule is CC(C)CCCC(C)NC(N)=NCCCN1CCCN(C)CC1. The summed E-state index contributed by atoms with van der Waals surface area (Å²) >= 11 is 0. The van der Waals surface area contributed by atoms with Crippen LogP contribution in [0.15, 0.2) is 4.99 Å². The minimum atomic E-state index is 0.415. The molecule has 1 saturated heterocycles. The quantitative estimate of drug-likeness (QED) is 0.387. The van der Waals surface area contributed by atoms with Crippen LogP contribution >= 0.6 is 0 Å². The van der Waals surface area contributed by atoms with Gasteiger partial charge in [0.15, 0.2) is 5.96 Å². The second-order valence-corrected chi connectivity index (χ2v) is 7.49. The summed E-state index contributed by atoms with van der Waals surface area (Å²) in [6, 6.07) is 0.415. The van der Waals surface area contributed by atoms with Gasteiger partial charge in [0.1, 0.15) is 0 Å². The molecule has 5 heteroatoms. The van der Waals surface area contributed by atoms with Crippen molar-refractivity contribution in [1.29, 1.82) is 0 Å². The van der Waals surface area contributed by atoms with E-state index >= 15 is 0 Å². The van der Waals surface area contributed by atoms with Crippen LogP contribution < -0.4 is 11.1 Å². The van der Waals surface area contributed by atoms with E-state index in [2.05, 4.69) is 47.9 Å². The summed E-state index contributed by atoms with van der Waals surface area (Å²) in [4.78, 5) is 9.45. The lowest BCUT2D eigenvalue weighted by atomic mass is 10.0. The molecule has 5 nitrogen and oxygen atoms in total. The Morgan fingerprint density at radius 3 is 2.61 bits per heavy atom. The smallest absolute Gasteiger partial charge is 0.188 e. The van der Waals surface area contributed by atoms with Crippen molar-refractivity contribution in [3.8, 4) is 0 Å². The van der Waals surface area contributed by atoms with Crippen molar-refractivity contribution in [2.24, 2.45) is 16.6 Å². The maximum absolute atomic E-state index is 5.99. The molecular weight excluding hydrogens is 286 g/mol. The summed E-state index contributed by atoms with van der Waals surface area (Å²) in [5.74, 6) is 1.39. The van der Waals surface area contributed by atoms with Crippen LogP contribution in [0.3, 0.4) is 0 Å². The van der Waals surface area contributed by atoms with Gasteiger partial charge in [0, 0.05) is 25.7 Å². The van der Waals surface area contributed by atoms with Gasteiger partial charge in [-0.2, -0.15) is 0 Å². The molecule has 0 aromatic carbocycles. The number of nitrogens with zero attached hydrogens (tertiary/aromatic N) is 3. The molecule has 23 heavy (non-hydrogen) atoms. The highest BCUT2D eigenvalue weighted by Crippen LogP contribution is 2.08. The second kappa shape index (κ2) is 11.7. The average Bonchev–Trinajstić information content (AvgIpc) is 2.68. The lowest BCUT2D eigenvalue weighted by Gasteiger charge is -2.19. The van der Waals surface area contributed by atoms with E-state index in [9.17, 15) is 0 Å². The number of nitrogens with two attached hydrogens (primary N) is 1. The van der Waals surface area contributed by atoms with E-state index in [1.165, 1.54) is 45.4 Å². The third kappa shape index (κ3) is 10.6. The first kappa shape index (κ1) is 20.2. The Balaban J connectivity index is 2.11. The first-order valence-electron chi connectivity index (χ1n) is 9.44. The third-order valence-electron chi connectivity index (χ3n) is 4.54. The number of rotatable bonds is 9. The van der Waals surface area contributed by atoms with E-state index in [0.717, 1.165) is 31.8 Å². The molecule has 0 aromatic heterocycles. The average molecular weight is 326 g/mol. The first-order chi connectivity index (χ1) is 11.0. The maximum Gasteiger partial charge on any atom is 0.188 e. The fourth-order valence-electron chi connectivity index (χ4n) is 3.02. The van der Waals surface area contributed by atoms with Crippen LogP contribution in [0.4, 0.5) is 0 Å². The molecule has 0 aromatic rings. The van der Waals surface area contributed by atoms with Gasteiger partial charge in [-0.05, 0) is 58.8 Å². The van der Waals surface area contributed by atoms with Crippen molar-refractivity contribution < 1.29 is 0 Å². The molecule has 136 valence electrons. The zero-order chi connectivity index (χ0) is 17.1. The molecular formula is C18H39N5. The second-order valence-electron chi connectivity index (χ2n) is 7.49. The monoisotopic (exact) mass is 325 g/mol. The van der Waals surface area contributed by atoms with Crippen molar-refractivity contribution in [2.75, 3.05) is 46.3 Å². The van der Waals surface area contributed by atoms with Gasteiger partial charge in [-0.25, -0.2) is 0 Å². The van der Waals surface area contributed by atoms with Gasteiger partial charge in [0.05, 0.1) is 0 Å². The van der Waals surface area contributed by atoms with Crippen molar-refractivity contribution in [3.05, 3.63) is 0 Å². The van der Waals surface area contributed by atoms with E-state index in [4.69, 9.17) is 5.73 Å². The molecule has 1 rings (SSSR count). The van der Waals surface area contributed by atoms with E-state index < -0.39 is 0 Å². The van der Waals surface area contributed by atoms with Gasteiger partial charge in [-0.15, -0.1) is 0 Å². The van der Waals surface area contributed by atoms with Crippen LogP contribution in [0.2, 0.25) is 0 Å². The molecule has 1 aliphatic heterocycles. The van der Waals surface area contributed by atoms with Crippen LogP contribution in [-0.2, 0) is 0 Å². The Kier molecular flexibility index (Phi) is 10.3. The van der Waals surface area contributed by atoms with Gasteiger partial charge < -0.3 is 20.9 Å². The molecule has 1 fully saturated rings. The Morgan fingerprint density at radius 1 is 1.09 bits per heavy atom. The summed E-state index contributed by atoms with van der Waals surface area (Å²) in [5, 5.41) is 3.32. The molecule has 1 aliphatic rings. The number of hydrogen-bond acceptors (Lipinski definition) is 3. The van der Waals surface area contributed by atoms with Crippen LogP contribution in [0.5, 0.6) is 0 Å². The van der Waals surface area contributed by atoms with Crippen molar-refractivity contribution in [3.63, 3.8) is 0 Å². The molecule has 1 unspecified atom stereocenters. The number of aliphatic imine (C=N–C) groups is 1. The van der Waals surface area contributed by atoms with Crippen molar-refractivity contribution >= 4 is 5.96 Å². The Labute approximate surface area is 143 Å². The van der Waals surface area contributed by atoms with Crippen LogP contribution in [0, 0.1) is 5.92 Å². The molecule has 3 N–H and O–H groups in total. The number of hydrogen-bond donors (Lipinski definition) is 2. The van der Waals surface area contributed by atoms with E-state index in [-0.39, 0.29) is 0 Å². The summed E-state index contributed by atoms with van der Waals surface area (Å²) < 4.78 is 0. The largest absolute Gasteiger partial charge is 0.370 e. The minimum Gasteiger partial charge on any atom is -0.370 e. The van der Waals surface area contributed by atoms with Gasteiger partial charge in [-0.3, -0.25) is 4.99 Å². The van der Waals surface area contributed by atoms with Gasteiger partial charge in [0.2, 0.25) is 0 Å². The summed E-state index contributed by atoms with van der Waals surface area (Å²) in [6.07, 6.45) is 6.07. The molecule has 0 saturated carbocycles. The molecule has 0 aliphatic carbocycles. The highest BCUT2D eigenvalue weighted by molar-refractivity contribution is 5.78. The normalized spacial score (nSPS) is 19.8. The highest BCUT2D eigenvalue weighted by Gasteiger charge is 2.11. The Bertz CT molecular complexity index is 329. The zero-order valence-corrected chi connectivity index (χ0v) is 15.9. The summed E-state index contributed by atoms with van der Waals surface area (Å²) in [6.45, 7) is 13.5. The Morgan fingerprint density at radius 2 is 1.87 bits per heavy atom. The molecule has 0 spiro atoms. The van der Waals surface area contributed by atoms with Gasteiger partial charge in [0.25, 0.3) is 0 Å². The number of nitrogens with one attached hydrogen (secondary N) is 1. The zero-order valence-electron chi connectivity index (χ0n) is 15.9. The van der Waals surface area contributed by atoms with Crippen LogP contribution in [-0.4, -0.2) is 68.1 Å². The lowest BCUT2D eigenvalue weighted by molar-refractivity contribution is 0.275. The predicted molar refractivity (Wildman–Crippen MR) is 101 cm³/mol. The minimum absolute atomic E-state index is 0.415. The third-order valence-corrected chi connectivity index (χ3v) is 4.54. The lowest BCUT2D eigenvalue weighted by Crippen LogP contribution is -2.38. The van der Waals surface area contributed by atoms with E-state index in [1.807, 2.05) is 0 Å². The Hall–Kier alpha value is -0.810. The summed E-state index contributed by atoms with van der Waals surface area (Å²) in [7, 11) is 2.21. The van der Waals surface area contributed by atoms with Crippen molar-refractivity contribution in [1.82, 2.24) is 15.1 Å². The molecule has 0 amide bonds. The number of guanidine groups is 1. The topological polar surface area (TPSA) is 56.9 Å². The van der Waals surface area contributed by atoms with Crippen LogP contribution in [0.25, 0.3) is 0 Å². The van der Waals surface area contributed by atoms with Gasteiger partial charge in [-0.1, -0.05) is 26.7 Å².